The molecular weight excluding hydrogens is 233 g/mol. The van der Waals surface area contributed by atoms with Gasteiger partial charge in [-0.15, -0.1) is 0 Å². The fourth-order valence-corrected chi connectivity index (χ4v) is 2.30. The van der Waals surface area contributed by atoms with Gasteiger partial charge in [0.15, 0.2) is 5.78 Å². The molecule has 0 amide bonds. The van der Waals surface area contributed by atoms with E-state index in [0.29, 0.717) is 25.1 Å². The molecule has 18 heavy (non-hydrogen) atoms. The molecule has 1 aromatic rings. The highest BCUT2D eigenvalue weighted by Gasteiger charge is 2.31. The van der Waals surface area contributed by atoms with Crippen molar-refractivity contribution in [2.75, 3.05) is 19.6 Å². The van der Waals surface area contributed by atoms with E-state index in [1.54, 1.807) is 19.1 Å². The maximum Gasteiger partial charge on any atom is 0.164 e. The predicted octanol–water partition coefficient (Wildman–Crippen LogP) is 1.86. The number of carbonyl (C=O) groups excluding carboxylic acids is 1. The van der Waals surface area contributed by atoms with E-state index in [9.17, 15) is 14.3 Å². The Labute approximate surface area is 106 Å². The van der Waals surface area contributed by atoms with E-state index >= 15 is 0 Å². The average molecular weight is 251 g/mol. The number of hydrogen-bond acceptors (Lipinski definition) is 3. The second kappa shape index (κ2) is 5.16. The number of carbonyl (C=O) groups is 1. The summed E-state index contributed by atoms with van der Waals surface area (Å²) in [4.78, 5) is 13.9. The van der Waals surface area contributed by atoms with E-state index in [1.807, 2.05) is 0 Å². The molecule has 0 saturated carbocycles. The summed E-state index contributed by atoms with van der Waals surface area (Å²) in [7, 11) is 0. The van der Waals surface area contributed by atoms with Crippen molar-refractivity contribution < 1.29 is 14.3 Å². The minimum Gasteiger partial charge on any atom is -0.389 e. The smallest absolute Gasteiger partial charge is 0.164 e. The Hall–Kier alpha value is -1.26. The number of likely N-dealkylation sites (tertiary alicyclic amines) is 1. The van der Waals surface area contributed by atoms with Crippen LogP contribution in [0.25, 0.3) is 0 Å². The Morgan fingerprint density at radius 3 is 2.94 bits per heavy atom. The number of β-amino-alcohol motifs (C(OH)–C–C–N with tert-alkyl or cyclic N) is 1. The molecule has 2 rings (SSSR count). The van der Waals surface area contributed by atoms with Crippen LogP contribution in [-0.4, -0.2) is 41.0 Å². The topological polar surface area (TPSA) is 40.5 Å². The van der Waals surface area contributed by atoms with Gasteiger partial charge in [-0.3, -0.25) is 9.69 Å². The van der Waals surface area contributed by atoms with Crippen LogP contribution in [0.2, 0.25) is 0 Å². The van der Waals surface area contributed by atoms with Gasteiger partial charge in [-0.2, -0.15) is 0 Å². The molecule has 1 atom stereocenters. The molecule has 1 unspecified atom stereocenters. The highest BCUT2D eigenvalue weighted by Crippen LogP contribution is 2.20. The second-order valence-corrected chi connectivity index (χ2v) is 5.21. The average Bonchev–Trinajstić information content (AvgIpc) is 2.66. The van der Waals surface area contributed by atoms with Gasteiger partial charge in [0.05, 0.1) is 5.60 Å². The fraction of sp³-hybridized carbons (Fsp3) is 0.500. The normalized spacial score (nSPS) is 24.4. The van der Waals surface area contributed by atoms with Crippen molar-refractivity contribution in [3.05, 3.63) is 35.6 Å². The SMILES string of the molecule is CC1(O)CCN(CCC(=O)c2cccc(F)c2)C1. The maximum absolute atomic E-state index is 13.0. The van der Waals surface area contributed by atoms with Gasteiger partial charge in [-0.25, -0.2) is 4.39 Å². The zero-order valence-electron chi connectivity index (χ0n) is 10.5. The summed E-state index contributed by atoms with van der Waals surface area (Å²) in [5, 5.41) is 9.81. The van der Waals surface area contributed by atoms with Gasteiger partial charge in [0.25, 0.3) is 0 Å². The lowest BCUT2D eigenvalue weighted by molar-refractivity contribution is 0.0677. The fourth-order valence-electron chi connectivity index (χ4n) is 2.30. The van der Waals surface area contributed by atoms with Crippen LogP contribution in [0.1, 0.15) is 30.1 Å². The van der Waals surface area contributed by atoms with Gasteiger partial charge >= 0.3 is 0 Å². The Morgan fingerprint density at radius 2 is 2.33 bits per heavy atom. The summed E-state index contributed by atoms with van der Waals surface area (Å²) in [5.74, 6) is -0.439. The van der Waals surface area contributed by atoms with Crippen LogP contribution in [0.4, 0.5) is 4.39 Å². The van der Waals surface area contributed by atoms with Crippen LogP contribution in [-0.2, 0) is 0 Å². The zero-order valence-corrected chi connectivity index (χ0v) is 10.5. The van der Waals surface area contributed by atoms with Crippen LogP contribution in [0.5, 0.6) is 0 Å². The van der Waals surface area contributed by atoms with Gasteiger partial charge in [0.2, 0.25) is 0 Å². The first kappa shape index (κ1) is 13.2. The molecule has 1 saturated heterocycles. The molecular formula is C14H18FNO2. The Bertz CT molecular complexity index is 445. The van der Waals surface area contributed by atoms with Gasteiger partial charge < -0.3 is 5.11 Å². The highest BCUT2D eigenvalue weighted by molar-refractivity contribution is 5.96. The molecule has 0 radical (unpaired) electrons. The van der Waals surface area contributed by atoms with Crippen LogP contribution < -0.4 is 0 Å². The number of aliphatic hydroxyl groups is 1. The first-order chi connectivity index (χ1) is 8.46. The van der Waals surface area contributed by atoms with E-state index < -0.39 is 5.60 Å². The van der Waals surface area contributed by atoms with E-state index in [2.05, 4.69) is 4.90 Å². The molecule has 1 aromatic carbocycles. The summed E-state index contributed by atoms with van der Waals surface area (Å²) in [6.45, 7) is 3.83. The van der Waals surface area contributed by atoms with Crippen molar-refractivity contribution in [3.63, 3.8) is 0 Å². The Morgan fingerprint density at radius 1 is 1.56 bits per heavy atom. The van der Waals surface area contributed by atoms with Crippen LogP contribution in [0, 0.1) is 5.82 Å². The van der Waals surface area contributed by atoms with Gasteiger partial charge in [-0.1, -0.05) is 12.1 Å². The minimum atomic E-state index is -0.637. The quantitative estimate of drug-likeness (QED) is 0.830. The Kier molecular flexibility index (Phi) is 3.78. The molecule has 1 fully saturated rings. The molecule has 0 aliphatic carbocycles. The van der Waals surface area contributed by atoms with E-state index in [-0.39, 0.29) is 11.6 Å². The van der Waals surface area contributed by atoms with Crippen molar-refractivity contribution >= 4 is 5.78 Å². The van der Waals surface area contributed by atoms with Crippen molar-refractivity contribution in [3.8, 4) is 0 Å². The van der Waals surface area contributed by atoms with E-state index in [4.69, 9.17) is 0 Å². The molecule has 1 aliphatic rings. The van der Waals surface area contributed by atoms with Crippen molar-refractivity contribution in [2.24, 2.45) is 0 Å². The summed E-state index contributed by atoms with van der Waals surface area (Å²) in [5.41, 5.74) is -0.219. The number of Topliss-reactive ketones (excluding diaryl/α,β-unsaturated/α-hetero) is 1. The van der Waals surface area contributed by atoms with Gasteiger partial charge in [0.1, 0.15) is 5.82 Å². The standard InChI is InChI=1S/C14H18FNO2/c1-14(18)6-8-16(10-14)7-5-13(17)11-3-2-4-12(15)9-11/h2-4,9,18H,5-8,10H2,1H3. The maximum atomic E-state index is 13.0. The largest absolute Gasteiger partial charge is 0.389 e. The summed E-state index contributed by atoms with van der Waals surface area (Å²) >= 11 is 0. The molecule has 0 aromatic heterocycles. The molecule has 98 valence electrons. The van der Waals surface area contributed by atoms with E-state index in [1.165, 1.54) is 12.1 Å². The monoisotopic (exact) mass is 251 g/mol. The Balaban J connectivity index is 1.86. The lowest BCUT2D eigenvalue weighted by Gasteiger charge is -2.18. The van der Waals surface area contributed by atoms with Crippen LogP contribution in [0.3, 0.4) is 0 Å². The third kappa shape index (κ3) is 3.37. The van der Waals surface area contributed by atoms with E-state index in [0.717, 1.165) is 13.0 Å². The number of nitrogens with zero attached hydrogens (tertiary/aromatic N) is 1. The first-order valence-electron chi connectivity index (χ1n) is 6.20. The van der Waals surface area contributed by atoms with Gasteiger partial charge in [0, 0.05) is 31.6 Å². The number of hydrogen-bond donors (Lipinski definition) is 1. The first-order valence-corrected chi connectivity index (χ1v) is 6.20. The highest BCUT2D eigenvalue weighted by atomic mass is 19.1. The minimum absolute atomic E-state index is 0.0546. The summed E-state index contributed by atoms with van der Waals surface area (Å²) in [6.07, 6.45) is 1.10. The molecule has 3 nitrogen and oxygen atoms in total. The molecule has 0 spiro atoms. The number of rotatable bonds is 4. The third-order valence-electron chi connectivity index (χ3n) is 3.33. The number of benzene rings is 1. The predicted molar refractivity (Wildman–Crippen MR) is 67.0 cm³/mol. The second-order valence-electron chi connectivity index (χ2n) is 5.21. The van der Waals surface area contributed by atoms with Gasteiger partial charge in [-0.05, 0) is 25.5 Å². The molecule has 4 heteroatoms. The van der Waals surface area contributed by atoms with Crippen molar-refractivity contribution in [1.82, 2.24) is 4.90 Å². The number of halogens is 1. The number of ketones is 1. The summed E-state index contributed by atoms with van der Waals surface area (Å²) in [6, 6.07) is 5.77. The third-order valence-corrected chi connectivity index (χ3v) is 3.33. The molecule has 1 N–H and O–H groups in total. The lowest BCUT2D eigenvalue weighted by Crippen LogP contribution is -2.31. The van der Waals surface area contributed by atoms with Crippen LogP contribution >= 0.6 is 0 Å². The molecule has 0 bridgehead atoms. The zero-order chi connectivity index (χ0) is 13.2. The van der Waals surface area contributed by atoms with Crippen molar-refractivity contribution in [1.29, 1.82) is 0 Å². The molecule has 1 aliphatic heterocycles. The van der Waals surface area contributed by atoms with Crippen LogP contribution in [0.15, 0.2) is 24.3 Å². The lowest BCUT2D eigenvalue weighted by atomic mass is 10.1. The summed E-state index contributed by atoms with van der Waals surface area (Å²) < 4.78 is 13.0. The molecule has 1 heterocycles. The van der Waals surface area contributed by atoms with Crippen molar-refractivity contribution in [2.45, 2.75) is 25.4 Å².